The highest BCUT2D eigenvalue weighted by Gasteiger charge is 2.21. The summed E-state index contributed by atoms with van der Waals surface area (Å²) in [6.45, 7) is 0. The van der Waals surface area contributed by atoms with Crippen molar-refractivity contribution in [2.24, 2.45) is 5.73 Å². The molecule has 0 spiro atoms. The zero-order valence-electron chi connectivity index (χ0n) is 9.12. The molecule has 1 aromatic rings. The number of rotatable bonds is 4. The van der Waals surface area contributed by atoms with Gasteiger partial charge in [-0.15, -0.1) is 0 Å². The maximum absolute atomic E-state index is 11.5. The third-order valence-corrected chi connectivity index (χ3v) is 3.42. The summed E-state index contributed by atoms with van der Waals surface area (Å²) in [5.74, 6) is -1.63. The van der Waals surface area contributed by atoms with E-state index >= 15 is 0 Å². The number of sulfone groups is 1. The predicted molar refractivity (Wildman–Crippen MR) is 60.5 cm³/mol. The Kier molecular flexibility index (Phi) is 3.74. The minimum Gasteiger partial charge on any atom is -0.507 e. The molecule has 0 heterocycles. The van der Waals surface area contributed by atoms with Gasteiger partial charge >= 0.3 is 5.97 Å². The van der Waals surface area contributed by atoms with Crippen molar-refractivity contribution in [2.75, 3.05) is 6.26 Å². The molecule has 0 bridgehead atoms. The topological polar surface area (TPSA) is 118 Å². The van der Waals surface area contributed by atoms with Crippen LogP contribution in [0, 0.1) is 0 Å². The Bertz CT molecular complexity index is 538. The van der Waals surface area contributed by atoms with E-state index in [9.17, 15) is 18.3 Å². The first kappa shape index (κ1) is 13.5. The average Bonchev–Trinajstić information content (AvgIpc) is 2.15. The zero-order valence-corrected chi connectivity index (χ0v) is 9.94. The van der Waals surface area contributed by atoms with Crippen LogP contribution >= 0.6 is 0 Å². The Morgan fingerprint density at radius 3 is 2.53 bits per heavy atom. The lowest BCUT2D eigenvalue weighted by molar-refractivity contribution is -0.138. The molecule has 0 radical (unpaired) electrons. The number of carboxylic acid groups (broad SMARTS) is 1. The van der Waals surface area contributed by atoms with Gasteiger partial charge < -0.3 is 15.9 Å². The van der Waals surface area contributed by atoms with Gasteiger partial charge in [-0.1, -0.05) is 12.1 Å². The van der Waals surface area contributed by atoms with E-state index in [1.54, 1.807) is 0 Å². The lowest BCUT2D eigenvalue weighted by atomic mass is 10.1. The summed E-state index contributed by atoms with van der Waals surface area (Å²) < 4.78 is 23.0. The van der Waals surface area contributed by atoms with Crippen LogP contribution in [0.2, 0.25) is 0 Å². The molecular weight excluding hydrogens is 246 g/mol. The molecule has 0 aliphatic rings. The number of carbonyl (C=O) groups is 1. The predicted octanol–water partition coefficient (Wildman–Crippen LogP) is -0.250. The molecule has 0 fully saturated rings. The molecule has 7 heteroatoms. The fourth-order valence-electron chi connectivity index (χ4n) is 1.48. The van der Waals surface area contributed by atoms with Crippen LogP contribution < -0.4 is 5.73 Å². The minimum absolute atomic E-state index is 0.161. The van der Waals surface area contributed by atoms with Crippen LogP contribution in [0.15, 0.2) is 23.1 Å². The molecule has 17 heavy (non-hydrogen) atoms. The number of aliphatic carboxylic acids is 1. The quantitative estimate of drug-likeness (QED) is 0.686. The van der Waals surface area contributed by atoms with Crippen molar-refractivity contribution in [2.45, 2.75) is 17.4 Å². The van der Waals surface area contributed by atoms with E-state index in [-0.39, 0.29) is 16.9 Å². The van der Waals surface area contributed by atoms with E-state index in [0.29, 0.717) is 0 Å². The monoisotopic (exact) mass is 259 g/mol. The molecule has 4 N–H and O–H groups in total. The molecule has 0 saturated heterocycles. The standard InChI is InChI=1S/C10H13NO5S/c1-17(15,16)9-6(3-2-4-8(9)12)5-7(11)10(13)14/h2-4,7,12H,5,11H2,1H3,(H,13,14). The molecule has 1 aromatic carbocycles. The van der Waals surface area contributed by atoms with Gasteiger partial charge in [-0.2, -0.15) is 0 Å². The average molecular weight is 259 g/mol. The Labute approximate surface area is 98.6 Å². The summed E-state index contributed by atoms with van der Waals surface area (Å²) in [5, 5.41) is 18.2. The van der Waals surface area contributed by atoms with Crippen molar-refractivity contribution in [3.05, 3.63) is 23.8 Å². The molecule has 0 aromatic heterocycles. The Hall–Kier alpha value is -1.60. The fraction of sp³-hybridized carbons (Fsp3) is 0.300. The van der Waals surface area contributed by atoms with E-state index in [2.05, 4.69) is 0 Å². The number of carboxylic acids is 1. The molecular formula is C10H13NO5S. The molecule has 0 amide bonds. The first-order chi connectivity index (χ1) is 7.73. The van der Waals surface area contributed by atoms with Crippen LogP contribution in [0.1, 0.15) is 5.56 Å². The number of phenolic OH excluding ortho intramolecular Hbond substituents is 1. The van der Waals surface area contributed by atoms with E-state index in [4.69, 9.17) is 10.8 Å². The van der Waals surface area contributed by atoms with Crippen molar-refractivity contribution < 1.29 is 23.4 Å². The van der Waals surface area contributed by atoms with Crippen LogP contribution in [0.25, 0.3) is 0 Å². The van der Waals surface area contributed by atoms with E-state index in [1.165, 1.54) is 18.2 Å². The lowest BCUT2D eigenvalue weighted by Crippen LogP contribution is -2.32. The second kappa shape index (κ2) is 4.72. The summed E-state index contributed by atoms with van der Waals surface area (Å²) >= 11 is 0. The summed E-state index contributed by atoms with van der Waals surface area (Å²) in [7, 11) is -3.63. The third-order valence-electron chi connectivity index (χ3n) is 2.20. The Morgan fingerprint density at radius 1 is 1.47 bits per heavy atom. The second-order valence-electron chi connectivity index (χ2n) is 3.69. The van der Waals surface area contributed by atoms with Crippen LogP contribution in [0.5, 0.6) is 5.75 Å². The molecule has 0 aliphatic heterocycles. The largest absolute Gasteiger partial charge is 0.507 e. The number of nitrogens with two attached hydrogens (primary N) is 1. The van der Waals surface area contributed by atoms with Gasteiger partial charge in [0.1, 0.15) is 16.7 Å². The first-order valence-corrected chi connectivity index (χ1v) is 6.62. The Balaban J connectivity index is 3.26. The highest BCUT2D eigenvalue weighted by molar-refractivity contribution is 7.90. The molecule has 0 saturated carbocycles. The summed E-state index contributed by atoms with van der Waals surface area (Å²) in [6.07, 6.45) is 0.782. The SMILES string of the molecule is CS(=O)(=O)c1c(O)cccc1CC(N)C(=O)O. The van der Waals surface area contributed by atoms with Gasteiger partial charge in [-0.3, -0.25) is 4.79 Å². The van der Waals surface area contributed by atoms with Gasteiger partial charge in [0.05, 0.1) is 0 Å². The maximum Gasteiger partial charge on any atom is 0.320 e. The summed E-state index contributed by atoms with van der Waals surface area (Å²) in [4.78, 5) is 10.3. The van der Waals surface area contributed by atoms with Gasteiger partial charge in [0.25, 0.3) is 0 Å². The van der Waals surface area contributed by atoms with E-state index in [1.807, 2.05) is 0 Å². The number of phenols is 1. The number of aromatic hydroxyl groups is 1. The van der Waals surface area contributed by atoms with Crippen molar-refractivity contribution in [1.29, 1.82) is 0 Å². The zero-order chi connectivity index (χ0) is 13.2. The summed E-state index contributed by atoms with van der Waals surface area (Å²) in [5.41, 5.74) is 5.53. The van der Waals surface area contributed by atoms with Crippen molar-refractivity contribution in [1.82, 2.24) is 0 Å². The van der Waals surface area contributed by atoms with E-state index < -0.39 is 27.6 Å². The van der Waals surface area contributed by atoms with Gasteiger partial charge in [0.15, 0.2) is 9.84 Å². The van der Waals surface area contributed by atoms with Crippen molar-refractivity contribution in [3.8, 4) is 5.75 Å². The fourth-order valence-corrected chi connectivity index (χ4v) is 2.56. The maximum atomic E-state index is 11.5. The van der Waals surface area contributed by atoms with E-state index in [0.717, 1.165) is 6.26 Å². The molecule has 1 unspecified atom stereocenters. The molecule has 6 nitrogen and oxygen atoms in total. The molecule has 94 valence electrons. The molecule has 1 atom stereocenters. The second-order valence-corrected chi connectivity index (χ2v) is 5.64. The highest BCUT2D eigenvalue weighted by Crippen LogP contribution is 2.27. The van der Waals surface area contributed by atoms with Gasteiger partial charge in [0, 0.05) is 6.26 Å². The van der Waals surface area contributed by atoms with Crippen LogP contribution in [0.4, 0.5) is 0 Å². The Morgan fingerprint density at radius 2 is 2.06 bits per heavy atom. The normalized spacial score (nSPS) is 13.3. The number of hydrogen-bond acceptors (Lipinski definition) is 5. The van der Waals surface area contributed by atoms with Crippen LogP contribution in [-0.2, 0) is 21.1 Å². The molecule has 0 aliphatic carbocycles. The minimum atomic E-state index is -3.63. The van der Waals surface area contributed by atoms with Crippen molar-refractivity contribution in [3.63, 3.8) is 0 Å². The van der Waals surface area contributed by atoms with Crippen LogP contribution in [-0.4, -0.2) is 36.9 Å². The lowest BCUT2D eigenvalue weighted by Gasteiger charge is -2.11. The number of hydrogen-bond donors (Lipinski definition) is 3. The highest BCUT2D eigenvalue weighted by atomic mass is 32.2. The van der Waals surface area contributed by atoms with Gasteiger partial charge in [-0.25, -0.2) is 8.42 Å². The first-order valence-electron chi connectivity index (χ1n) is 4.72. The van der Waals surface area contributed by atoms with Gasteiger partial charge in [-0.05, 0) is 18.1 Å². The third kappa shape index (κ3) is 3.18. The van der Waals surface area contributed by atoms with Gasteiger partial charge in [0.2, 0.25) is 0 Å². The smallest absolute Gasteiger partial charge is 0.320 e. The number of benzene rings is 1. The molecule has 1 rings (SSSR count). The van der Waals surface area contributed by atoms with Crippen LogP contribution in [0.3, 0.4) is 0 Å². The summed E-state index contributed by atoms with van der Waals surface area (Å²) in [6, 6.07) is 2.89. The van der Waals surface area contributed by atoms with Crippen molar-refractivity contribution >= 4 is 15.8 Å².